The first-order chi connectivity index (χ1) is 28.1. The van der Waals surface area contributed by atoms with Crippen molar-refractivity contribution in [3.8, 4) is 0 Å². The fraction of sp³-hybridized carbons (Fsp3) is 0.340. The molecule has 5 aromatic carbocycles. The van der Waals surface area contributed by atoms with E-state index in [2.05, 4.69) is 45.0 Å². The first kappa shape index (κ1) is 41.6. The maximum absolute atomic E-state index is 13.1. The van der Waals surface area contributed by atoms with E-state index in [1.54, 1.807) is 30.3 Å². The van der Waals surface area contributed by atoms with Gasteiger partial charge in [0.2, 0.25) is 0 Å². The van der Waals surface area contributed by atoms with Gasteiger partial charge in [0.15, 0.2) is 18.7 Å². The summed E-state index contributed by atoms with van der Waals surface area (Å²) in [4.78, 5) is 13.1. The van der Waals surface area contributed by atoms with Crippen LogP contribution in [0.3, 0.4) is 0 Å². The standard InChI is InChI=1S/C47H52O10Si/c1-47(2,3)58(36-25-15-7-16-26-36,37-27-17-8-18-28-37)54-32-39-41(51-29-33-19-9-4-10-20-33)40(48)46(56-39)53-31-38-42(52-30-34-21-11-5-12-22-34)43(45(50)55-38)57-44(49)35-23-13-6-14-24-35/h4-28,38-43,45-46,48,50H,29-32H2,1-3H3/t38-,39-,40+,41-,42-,43+,45+,46-/m1/s1. The average molecular weight is 805 g/mol. The number of carbonyl (C=O) groups is 1. The van der Waals surface area contributed by atoms with Crippen molar-refractivity contribution in [2.75, 3.05) is 13.2 Å². The molecule has 304 valence electrons. The zero-order valence-corrected chi connectivity index (χ0v) is 34.0. The number of aliphatic hydroxyl groups excluding tert-OH is 2. The summed E-state index contributed by atoms with van der Waals surface area (Å²) in [5, 5.41) is 24.9. The molecule has 2 aliphatic rings. The van der Waals surface area contributed by atoms with Crippen molar-refractivity contribution >= 4 is 24.7 Å². The zero-order valence-electron chi connectivity index (χ0n) is 33.0. The number of esters is 1. The number of carbonyl (C=O) groups excluding carboxylic acids is 1. The van der Waals surface area contributed by atoms with Crippen LogP contribution in [-0.4, -0.2) is 86.9 Å². The maximum atomic E-state index is 13.1. The Morgan fingerprint density at radius 3 is 1.57 bits per heavy atom. The van der Waals surface area contributed by atoms with Crippen LogP contribution in [0.5, 0.6) is 0 Å². The monoisotopic (exact) mass is 804 g/mol. The Morgan fingerprint density at radius 2 is 1.05 bits per heavy atom. The summed E-state index contributed by atoms with van der Waals surface area (Å²) in [6, 6.07) is 48.4. The van der Waals surface area contributed by atoms with Crippen molar-refractivity contribution in [3.63, 3.8) is 0 Å². The number of benzene rings is 5. The molecule has 0 spiro atoms. The molecule has 0 unspecified atom stereocenters. The third kappa shape index (κ3) is 9.50. The first-order valence-corrected chi connectivity index (χ1v) is 21.7. The number of hydrogen-bond acceptors (Lipinski definition) is 10. The third-order valence-corrected chi connectivity index (χ3v) is 15.7. The fourth-order valence-corrected chi connectivity index (χ4v) is 12.4. The van der Waals surface area contributed by atoms with Gasteiger partial charge in [-0.3, -0.25) is 0 Å². The number of ether oxygens (including phenoxy) is 6. The van der Waals surface area contributed by atoms with Gasteiger partial charge in [-0.25, -0.2) is 4.79 Å². The maximum Gasteiger partial charge on any atom is 0.338 e. The quantitative estimate of drug-likeness (QED) is 0.0939. The van der Waals surface area contributed by atoms with E-state index in [0.717, 1.165) is 21.5 Å². The van der Waals surface area contributed by atoms with Crippen molar-refractivity contribution in [3.05, 3.63) is 168 Å². The van der Waals surface area contributed by atoms with Crippen LogP contribution >= 0.6 is 0 Å². The lowest BCUT2D eigenvalue weighted by molar-refractivity contribution is -0.199. The molecule has 5 aromatic rings. The molecule has 8 atom stereocenters. The second-order valence-corrected chi connectivity index (χ2v) is 20.0. The van der Waals surface area contributed by atoms with Gasteiger partial charge in [-0.15, -0.1) is 0 Å². The minimum atomic E-state index is -2.98. The minimum absolute atomic E-state index is 0.114. The number of rotatable bonds is 16. The lowest BCUT2D eigenvalue weighted by Crippen LogP contribution is -2.67. The van der Waals surface area contributed by atoms with E-state index in [9.17, 15) is 15.0 Å². The van der Waals surface area contributed by atoms with Crippen LogP contribution in [-0.2, 0) is 46.1 Å². The third-order valence-electron chi connectivity index (χ3n) is 10.7. The Labute approximate surface area is 341 Å². The van der Waals surface area contributed by atoms with Gasteiger partial charge >= 0.3 is 5.97 Å². The Morgan fingerprint density at radius 1 is 0.586 bits per heavy atom. The number of hydrogen-bond donors (Lipinski definition) is 2. The van der Waals surface area contributed by atoms with Gasteiger partial charge in [0, 0.05) is 0 Å². The van der Waals surface area contributed by atoms with Crippen molar-refractivity contribution in [2.24, 2.45) is 0 Å². The van der Waals surface area contributed by atoms with Crippen LogP contribution < -0.4 is 10.4 Å². The Hall–Kier alpha value is -4.53. The average Bonchev–Trinajstić information content (AvgIpc) is 3.72. The zero-order chi connectivity index (χ0) is 40.5. The Balaban J connectivity index is 1.11. The molecule has 0 aromatic heterocycles. The highest BCUT2D eigenvalue weighted by molar-refractivity contribution is 6.99. The molecular weight excluding hydrogens is 753 g/mol. The van der Waals surface area contributed by atoms with Gasteiger partial charge in [0.05, 0.1) is 32.0 Å². The predicted octanol–water partition coefficient (Wildman–Crippen LogP) is 5.78. The van der Waals surface area contributed by atoms with Gasteiger partial charge in [0.1, 0.15) is 30.5 Å². The summed E-state index contributed by atoms with van der Waals surface area (Å²) in [6.07, 6.45) is -8.35. The number of aliphatic hydroxyl groups is 2. The van der Waals surface area contributed by atoms with Gasteiger partial charge < -0.3 is 43.1 Å². The van der Waals surface area contributed by atoms with Crippen LogP contribution in [0.2, 0.25) is 5.04 Å². The predicted molar refractivity (Wildman–Crippen MR) is 221 cm³/mol. The minimum Gasteiger partial charge on any atom is -0.450 e. The van der Waals surface area contributed by atoms with Crippen molar-refractivity contribution < 1.29 is 47.9 Å². The molecule has 0 bridgehead atoms. The van der Waals surface area contributed by atoms with E-state index in [0.29, 0.717) is 5.56 Å². The van der Waals surface area contributed by atoms with Crippen LogP contribution in [0, 0.1) is 0 Å². The molecule has 0 amide bonds. The van der Waals surface area contributed by atoms with Crippen LogP contribution in [0.25, 0.3) is 0 Å². The summed E-state index contributed by atoms with van der Waals surface area (Å²) in [5.41, 5.74) is 2.15. The molecule has 2 N–H and O–H groups in total. The van der Waals surface area contributed by atoms with Crippen LogP contribution in [0.4, 0.5) is 0 Å². The van der Waals surface area contributed by atoms with E-state index in [4.69, 9.17) is 32.8 Å². The molecular formula is C47H52O10Si. The van der Waals surface area contributed by atoms with E-state index in [-0.39, 0.29) is 31.5 Å². The first-order valence-electron chi connectivity index (χ1n) is 19.7. The fourth-order valence-electron chi connectivity index (χ4n) is 7.81. The molecule has 0 saturated carbocycles. The van der Waals surface area contributed by atoms with Crippen LogP contribution in [0.15, 0.2) is 152 Å². The summed E-state index contributed by atoms with van der Waals surface area (Å²) in [6.45, 7) is 6.96. The summed E-state index contributed by atoms with van der Waals surface area (Å²) >= 11 is 0. The SMILES string of the molecule is CC(C)(C)[Si](OC[C@H]1O[C@@H](OC[C@H]2O[C@H](O)[C@@H](OC(=O)c3ccccc3)[C@@H]2OCc2ccccc2)[C@@H](O)[C@@H]1OCc1ccccc1)(c1ccccc1)c1ccccc1. The summed E-state index contributed by atoms with van der Waals surface area (Å²) in [7, 11) is -2.98. The smallest absolute Gasteiger partial charge is 0.338 e. The van der Waals surface area contributed by atoms with Crippen molar-refractivity contribution in [2.45, 2.75) is 88.2 Å². The van der Waals surface area contributed by atoms with Gasteiger partial charge in [-0.2, -0.15) is 0 Å². The molecule has 58 heavy (non-hydrogen) atoms. The normalized spacial score (nSPS) is 24.8. The Bertz CT molecular complexity index is 1960. The van der Waals surface area contributed by atoms with Gasteiger partial charge in [-0.1, -0.05) is 160 Å². The summed E-state index contributed by atoms with van der Waals surface area (Å²) in [5.74, 6) is -0.625. The molecule has 2 fully saturated rings. The Kier molecular flexibility index (Phi) is 13.7. The topological polar surface area (TPSA) is 122 Å². The lowest BCUT2D eigenvalue weighted by Gasteiger charge is -2.43. The molecule has 7 rings (SSSR count). The van der Waals surface area contributed by atoms with Crippen molar-refractivity contribution in [1.29, 1.82) is 0 Å². The van der Waals surface area contributed by atoms with E-state index >= 15 is 0 Å². The van der Waals surface area contributed by atoms with E-state index in [1.807, 2.05) is 97.1 Å². The van der Waals surface area contributed by atoms with Gasteiger partial charge in [-0.05, 0) is 38.7 Å². The molecule has 10 nitrogen and oxygen atoms in total. The van der Waals surface area contributed by atoms with Gasteiger partial charge in [0.25, 0.3) is 8.32 Å². The van der Waals surface area contributed by atoms with E-state index in [1.165, 1.54) is 0 Å². The molecule has 11 heteroatoms. The second kappa shape index (κ2) is 19.0. The molecule has 0 radical (unpaired) electrons. The lowest BCUT2D eigenvalue weighted by atomic mass is 10.1. The highest BCUT2D eigenvalue weighted by Gasteiger charge is 2.54. The highest BCUT2D eigenvalue weighted by atomic mass is 28.4. The largest absolute Gasteiger partial charge is 0.450 e. The second-order valence-electron chi connectivity index (χ2n) is 15.7. The molecule has 2 heterocycles. The summed E-state index contributed by atoms with van der Waals surface area (Å²) < 4.78 is 44.5. The molecule has 2 saturated heterocycles. The highest BCUT2D eigenvalue weighted by Crippen LogP contribution is 2.38. The van der Waals surface area contributed by atoms with E-state index < -0.39 is 63.5 Å². The molecule has 2 aliphatic heterocycles. The molecule has 0 aliphatic carbocycles. The van der Waals surface area contributed by atoms with Crippen LogP contribution in [0.1, 0.15) is 42.3 Å². The van der Waals surface area contributed by atoms with Crippen molar-refractivity contribution in [1.82, 2.24) is 0 Å².